The Hall–Kier alpha value is -2.34. The monoisotopic (exact) mass is 494 g/mol. The highest BCUT2D eigenvalue weighted by molar-refractivity contribution is 7.91. The highest BCUT2D eigenvalue weighted by Crippen LogP contribution is 2.27. The van der Waals surface area contributed by atoms with E-state index in [4.69, 9.17) is 0 Å². The molecule has 178 valence electrons. The Bertz CT molecular complexity index is 1090. The van der Waals surface area contributed by atoms with Gasteiger partial charge in [0.1, 0.15) is 10.0 Å². The first kappa shape index (κ1) is 23.8. The molecule has 3 heterocycles. The molecule has 2 saturated heterocycles. The molecule has 2 fully saturated rings. The molecule has 0 saturated carbocycles. The number of hydrogen-bond donors (Lipinski definition) is 1. The van der Waals surface area contributed by atoms with E-state index < -0.39 is 15.8 Å². The van der Waals surface area contributed by atoms with Crippen LogP contribution in [0.2, 0.25) is 0 Å². The quantitative estimate of drug-likeness (QED) is 0.664. The Balaban J connectivity index is 1.27. The summed E-state index contributed by atoms with van der Waals surface area (Å²) in [6.45, 7) is 2.86. The zero-order valence-corrected chi connectivity index (χ0v) is 19.8. The summed E-state index contributed by atoms with van der Waals surface area (Å²) in [4.78, 5) is 29.1. The molecule has 0 aliphatic carbocycles. The van der Waals surface area contributed by atoms with Crippen molar-refractivity contribution in [2.45, 2.75) is 17.1 Å². The first-order valence-electron chi connectivity index (χ1n) is 10.9. The minimum atomic E-state index is -3.56. The van der Waals surface area contributed by atoms with E-state index in [1.165, 1.54) is 33.8 Å². The van der Waals surface area contributed by atoms with E-state index in [-0.39, 0.29) is 30.8 Å². The van der Waals surface area contributed by atoms with E-state index >= 15 is 0 Å². The van der Waals surface area contributed by atoms with Crippen molar-refractivity contribution in [1.29, 1.82) is 0 Å². The molecule has 0 spiro atoms. The number of carbonyl (C=O) groups is 2. The van der Waals surface area contributed by atoms with Gasteiger partial charge in [-0.15, -0.1) is 11.3 Å². The predicted octanol–water partition coefficient (Wildman–Crippen LogP) is 2.07. The maximum Gasteiger partial charge on any atom is 0.252 e. The van der Waals surface area contributed by atoms with Crippen molar-refractivity contribution >= 4 is 38.9 Å². The van der Waals surface area contributed by atoms with Crippen LogP contribution >= 0.6 is 11.3 Å². The zero-order chi connectivity index (χ0) is 23.4. The normalized spacial score (nSPS) is 20.5. The molecule has 2 amide bonds. The number of sulfonamides is 1. The standard InChI is InChI=1S/C22H27FN4O4S2/c23-18-5-1-6-19(14-18)24-20(28)16-25-9-11-26(12-10-25)22(29)17-4-2-8-27(15-17)33(30,31)21-7-3-13-32-21/h1,3,5-7,13-14,17H,2,4,8-12,15-16H2,(H,24,28)/t17-/m0/s1. The average Bonchev–Trinajstić information content (AvgIpc) is 3.35. The third-order valence-corrected chi connectivity index (χ3v) is 9.22. The average molecular weight is 495 g/mol. The second kappa shape index (κ2) is 10.3. The van der Waals surface area contributed by atoms with Crippen LogP contribution in [0.1, 0.15) is 12.8 Å². The molecule has 2 aromatic rings. The Labute approximate surface area is 197 Å². The minimum Gasteiger partial charge on any atom is -0.340 e. The molecule has 1 N–H and O–H groups in total. The van der Waals surface area contributed by atoms with Gasteiger partial charge in [-0.25, -0.2) is 12.8 Å². The summed E-state index contributed by atoms with van der Waals surface area (Å²) in [6.07, 6.45) is 1.33. The summed E-state index contributed by atoms with van der Waals surface area (Å²) < 4.78 is 40.7. The Kier molecular flexibility index (Phi) is 7.42. The number of halogens is 1. The van der Waals surface area contributed by atoms with E-state index in [2.05, 4.69) is 5.32 Å². The van der Waals surface area contributed by atoms with Gasteiger partial charge < -0.3 is 10.2 Å². The molecule has 0 radical (unpaired) electrons. The van der Waals surface area contributed by atoms with Gasteiger partial charge >= 0.3 is 0 Å². The van der Waals surface area contributed by atoms with Gasteiger partial charge in [0, 0.05) is 45.0 Å². The van der Waals surface area contributed by atoms with E-state index in [1.807, 2.05) is 4.90 Å². The lowest BCUT2D eigenvalue weighted by molar-refractivity contribution is -0.138. The lowest BCUT2D eigenvalue weighted by atomic mass is 9.98. The largest absolute Gasteiger partial charge is 0.340 e. The lowest BCUT2D eigenvalue weighted by Crippen LogP contribution is -2.53. The highest BCUT2D eigenvalue weighted by atomic mass is 32.2. The van der Waals surface area contributed by atoms with Crippen molar-refractivity contribution in [3.05, 3.63) is 47.6 Å². The van der Waals surface area contributed by atoms with E-state index in [9.17, 15) is 22.4 Å². The molecule has 8 nitrogen and oxygen atoms in total. The number of nitrogens with one attached hydrogen (secondary N) is 1. The number of thiophene rings is 1. The summed E-state index contributed by atoms with van der Waals surface area (Å²) in [5, 5.41) is 4.42. The molecule has 33 heavy (non-hydrogen) atoms. The van der Waals surface area contributed by atoms with Crippen molar-refractivity contribution in [1.82, 2.24) is 14.1 Å². The summed E-state index contributed by atoms with van der Waals surface area (Å²) in [7, 11) is -3.56. The topological polar surface area (TPSA) is 90.0 Å². The van der Waals surface area contributed by atoms with Crippen LogP contribution in [0.5, 0.6) is 0 Å². The molecular formula is C22H27FN4O4S2. The van der Waals surface area contributed by atoms with Crippen LogP contribution in [-0.2, 0) is 19.6 Å². The van der Waals surface area contributed by atoms with Gasteiger partial charge in [-0.05, 0) is 42.5 Å². The number of anilines is 1. The van der Waals surface area contributed by atoms with Crippen LogP contribution in [0.4, 0.5) is 10.1 Å². The second-order valence-electron chi connectivity index (χ2n) is 8.29. The summed E-state index contributed by atoms with van der Waals surface area (Å²) in [5.74, 6) is -1.02. The number of benzene rings is 1. The second-order valence-corrected chi connectivity index (χ2v) is 11.4. The van der Waals surface area contributed by atoms with E-state index in [0.29, 0.717) is 55.5 Å². The highest BCUT2D eigenvalue weighted by Gasteiger charge is 2.36. The van der Waals surface area contributed by atoms with Crippen LogP contribution < -0.4 is 5.32 Å². The molecule has 11 heteroatoms. The van der Waals surface area contributed by atoms with Crippen molar-refractivity contribution < 1.29 is 22.4 Å². The predicted molar refractivity (Wildman–Crippen MR) is 124 cm³/mol. The Morgan fingerprint density at radius 1 is 1.09 bits per heavy atom. The van der Waals surface area contributed by atoms with E-state index in [0.717, 1.165) is 0 Å². The lowest BCUT2D eigenvalue weighted by Gasteiger charge is -2.38. The third-order valence-electron chi connectivity index (χ3n) is 5.98. The van der Waals surface area contributed by atoms with Crippen LogP contribution in [-0.4, -0.2) is 80.2 Å². The number of carbonyl (C=O) groups excluding carboxylic acids is 2. The fourth-order valence-electron chi connectivity index (χ4n) is 4.25. The summed E-state index contributed by atoms with van der Waals surface area (Å²) in [6, 6.07) is 9.05. The molecule has 2 aliphatic heterocycles. The van der Waals surface area contributed by atoms with Crippen LogP contribution in [0.3, 0.4) is 0 Å². The number of piperazine rings is 1. The van der Waals surface area contributed by atoms with Gasteiger partial charge in [-0.2, -0.15) is 4.31 Å². The van der Waals surface area contributed by atoms with Crippen molar-refractivity contribution in [3.8, 4) is 0 Å². The summed E-state index contributed by atoms with van der Waals surface area (Å²) >= 11 is 1.19. The SMILES string of the molecule is O=C(CN1CCN(C(=O)[C@H]2CCCN(S(=O)(=O)c3cccs3)C2)CC1)Nc1cccc(F)c1. The first-order valence-corrected chi connectivity index (χ1v) is 13.2. The van der Waals surface area contributed by atoms with Crippen molar-refractivity contribution in [2.24, 2.45) is 5.92 Å². The van der Waals surface area contributed by atoms with Gasteiger partial charge in [0.2, 0.25) is 11.8 Å². The Morgan fingerprint density at radius 2 is 1.88 bits per heavy atom. The van der Waals surface area contributed by atoms with Gasteiger partial charge in [0.25, 0.3) is 10.0 Å². The fourth-order valence-corrected chi connectivity index (χ4v) is 6.92. The molecule has 2 aliphatic rings. The van der Waals surface area contributed by atoms with Crippen LogP contribution in [0, 0.1) is 11.7 Å². The number of piperidine rings is 1. The molecule has 0 bridgehead atoms. The molecule has 1 aromatic carbocycles. The molecule has 0 unspecified atom stereocenters. The Morgan fingerprint density at radius 3 is 2.58 bits per heavy atom. The van der Waals surface area contributed by atoms with Gasteiger partial charge in [0.05, 0.1) is 12.5 Å². The molecule has 1 aromatic heterocycles. The number of rotatable bonds is 6. The maximum absolute atomic E-state index is 13.3. The van der Waals surface area contributed by atoms with E-state index in [1.54, 1.807) is 28.5 Å². The van der Waals surface area contributed by atoms with Crippen molar-refractivity contribution in [3.63, 3.8) is 0 Å². The molecule has 4 rings (SSSR count). The maximum atomic E-state index is 13.3. The van der Waals surface area contributed by atoms with Gasteiger partial charge in [-0.1, -0.05) is 12.1 Å². The minimum absolute atomic E-state index is 0.0232. The van der Waals surface area contributed by atoms with Crippen molar-refractivity contribution in [2.75, 3.05) is 51.1 Å². The summed E-state index contributed by atoms with van der Waals surface area (Å²) in [5.41, 5.74) is 0.410. The van der Waals surface area contributed by atoms with Gasteiger partial charge in [0.15, 0.2) is 0 Å². The molecular weight excluding hydrogens is 467 g/mol. The zero-order valence-electron chi connectivity index (χ0n) is 18.2. The smallest absolute Gasteiger partial charge is 0.252 e. The third kappa shape index (κ3) is 5.78. The number of hydrogen-bond acceptors (Lipinski definition) is 6. The number of nitrogens with zero attached hydrogens (tertiary/aromatic N) is 3. The van der Waals surface area contributed by atoms with Crippen LogP contribution in [0.25, 0.3) is 0 Å². The van der Waals surface area contributed by atoms with Crippen LogP contribution in [0.15, 0.2) is 46.0 Å². The fraction of sp³-hybridized carbons (Fsp3) is 0.455. The molecule has 1 atom stereocenters. The first-order chi connectivity index (χ1) is 15.8. The van der Waals surface area contributed by atoms with Gasteiger partial charge in [-0.3, -0.25) is 14.5 Å². The number of amides is 2.